The first-order valence-electron chi connectivity index (χ1n) is 5.98. The topological polar surface area (TPSA) is 61.4 Å². The van der Waals surface area contributed by atoms with Crippen LogP contribution in [0.15, 0.2) is 18.2 Å². The van der Waals surface area contributed by atoms with E-state index in [-0.39, 0.29) is 12.1 Å². The van der Waals surface area contributed by atoms with Crippen LogP contribution in [0.1, 0.15) is 22.3 Å². The number of aliphatic hydroxyl groups is 1. The summed E-state index contributed by atoms with van der Waals surface area (Å²) >= 11 is 0. The van der Waals surface area contributed by atoms with Gasteiger partial charge in [-0.1, -0.05) is 12.1 Å². The Hall–Kier alpha value is -1.46. The first-order chi connectivity index (χ1) is 8.52. The summed E-state index contributed by atoms with van der Waals surface area (Å²) in [4.78, 5) is 11.8. The lowest BCUT2D eigenvalue weighted by Crippen LogP contribution is -2.44. The number of β-amino-alcohol motifs (C(OH)–C–C–N with tert-alkyl or cyclic N) is 1. The molecule has 0 aromatic heterocycles. The molecule has 0 aliphatic carbocycles. The van der Waals surface area contributed by atoms with Crippen LogP contribution in [0.25, 0.3) is 0 Å². The van der Waals surface area contributed by atoms with Crippen LogP contribution in [0.3, 0.4) is 0 Å². The van der Waals surface area contributed by atoms with Crippen molar-refractivity contribution in [1.29, 1.82) is 0 Å². The van der Waals surface area contributed by atoms with Gasteiger partial charge in [-0.3, -0.25) is 4.79 Å². The summed E-state index contributed by atoms with van der Waals surface area (Å²) in [6.07, 6.45) is 0.587. The number of rotatable bonds is 3. The van der Waals surface area contributed by atoms with Gasteiger partial charge in [-0.25, -0.2) is 4.39 Å². The van der Waals surface area contributed by atoms with Gasteiger partial charge in [0, 0.05) is 13.1 Å². The molecule has 0 saturated carbocycles. The predicted molar refractivity (Wildman–Crippen MR) is 65.9 cm³/mol. The number of amides is 1. The van der Waals surface area contributed by atoms with Gasteiger partial charge in [0.05, 0.1) is 11.2 Å². The molecule has 1 aromatic carbocycles. The molecule has 1 saturated heterocycles. The van der Waals surface area contributed by atoms with Crippen LogP contribution in [0.2, 0.25) is 0 Å². The minimum absolute atomic E-state index is 0.0181. The third kappa shape index (κ3) is 2.68. The van der Waals surface area contributed by atoms with Crippen LogP contribution in [-0.2, 0) is 0 Å². The number of benzene rings is 1. The van der Waals surface area contributed by atoms with E-state index >= 15 is 0 Å². The van der Waals surface area contributed by atoms with E-state index in [1.165, 1.54) is 6.07 Å². The number of aryl methyl sites for hydroxylation is 1. The zero-order chi connectivity index (χ0) is 13.2. The molecule has 0 radical (unpaired) electrons. The maximum absolute atomic E-state index is 13.7. The zero-order valence-corrected chi connectivity index (χ0v) is 10.3. The highest BCUT2D eigenvalue weighted by atomic mass is 19.1. The van der Waals surface area contributed by atoms with Gasteiger partial charge in [0.2, 0.25) is 0 Å². The van der Waals surface area contributed by atoms with Crippen molar-refractivity contribution >= 4 is 5.91 Å². The molecule has 1 amide bonds. The molecule has 5 heteroatoms. The highest BCUT2D eigenvalue weighted by Crippen LogP contribution is 2.14. The molecule has 1 unspecified atom stereocenters. The van der Waals surface area contributed by atoms with Crippen LogP contribution in [0, 0.1) is 12.7 Å². The summed E-state index contributed by atoms with van der Waals surface area (Å²) in [5, 5.41) is 15.6. The number of hydrogen-bond donors (Lipinski definition) is 3. The average Bonchev–Trinajstić information content (AvgIpc) is 2.77. The first kappa shape index (κ1) is 13.0. The van der Waals surface area contributed by atoms with E-state index < -0.39 is 17.3 Å². The number of halogens is 1. The fourth-order valence-electron chi connectivity index (χ4n) is 2.04. The standard InChI is InChI=1S/C13H17FN2O2/c1-9-3-2-4-10(11(9)14)12(17)16-8-13(18)5-6-15-7-13/h2-4,15,18H,5-8H2,1H3,(H,16,17). The van der Waals surface area contributed by atoms with Crippen molar-refractivity contribution in [2.45, 2.75) is 18.9 Å². The molecule has 18 heavy (non-hydrogen) atoms. The Kier molecular flexibility index (Phi) is 3.63. The van der Waals surface area contributed by atoms with E-state index in [0.717, 1.165) is 6.54 Å². The van der Waals surface area contributed by atoms with Crippen molar-refractivity contribution in [3.8, 4) is 0 Å². The van der Waals surface area contributed by atoms with Gasteiger partial charge in [0.1, 0.15) is 5.82 Å². The molecular weight excluding hydrogens is 235 g/mol. The molecule has 1 aromatic rings. The summed E-state index contributed by atoms with van der Waals surface area (Å²) in [6, 6.07) is 4.69. The smallest absolute Gasteiger partial charge is 0.254 e. The minimum atomic E-state index is -0.921. The SMILES string of the molecule is Cc1cccc(C(=O)NCC2(O)CCNC2)c1F. The Bertz CT molecular complexity index is 456. The second-order valence-corrected chi connectivity index (χ2v) is 4.77. The summed E-state index contributed by atoms with van der Waals surface area (Å²) in [5.74, 6) is -0.997. The van der Waals surface area contributed by atoms with Crippen LogP contribution >= 0.6 is 0 Å². The van der Waals surface area contributed by atoms with Gasteiger partial charge in [0.25, 0.3) is 5.91 Å². The predicted octanol–water partition coefficient (Wildman–Crippen LogP) is 0.588. The molecule has 2 rings (SSSR count). The van der Waals surface area contributed by atoms with E-state index in [9.17, 15) is 14.3 Å². The Morgan fingerprint density at radius 2 is 2.39 bits per heavy atom. The van der Waals surface area contributed by atoms with E-state index in [1.807, 2.05) is 0 Å². The molecule has 4 nitrogen and oxygen atoms in total. The van der Waals surface area contributed by atoms with Crippen molar-refractivity contribution in [3.05, 3.63) is 35.1 Å². The van der Waals surface area contributed by atoms with Crippen LogP contribution in [0.5, 0.6) is 0 Å². The summed E-state index contributed by atoms with van der Waals surface area (Å²) < 4.78 is 13.7. The quantitative estimate of drug-likeness (QED) is 0.738. The van der Waals surface area contributed by atoms with E-state index in [4.69, 9.17) is 0 Å². The van der Waals surface area contributed by atoms with Gasteiger partial charge >= 0.3 is 0 Å². The molecule has 0 spiro atoms. The van der Waals surface area contributed by atoms with E-state index in [2.05, 4.69) is 10.6 Å². The summed E-state index contributed by atoms with van der Waals surface area (Å²) in [5.41, 5.74) is -0.468. The Morgan fingerprint density at radius 1 is 1.61 bits per heavy atom. The fourth-order valence-corrected chi connectivity index (χ4v) is 2.04. The molecule has 0 bridgehead atoms. The minimum Gasteiger partial charge on any atom is -0.387 e. The van der Waals surface area contributed by atoms with Gasteiger partial charge in [-0.05, 0) is 31.5 Å². The van der Waals surface area contributed by atoms with Crippen molar-refractivity contribution in [2.24, 2.45) is 0 Å². The Labute approximate surface area is 105 Å². The molecule has 98 valence electrons. The molecule has 3 N–H and O–H groups in total. The van der Waals surface area contributed by atoms with Crippen LogP contribution in [0.4, 0.5) is 4.39 Å². The second-order valence-electron chi connectivity index (χ2n) is 4.77. The van der Waals surface area contributed by atoms with Crippen LogP contribution < -0.4 is 10.6 Å². The highest BCUT2D eigenvalue weighted by Gasteiger charge is 2.31. The zero-order valence-electron chi connectivity index (χ0n) is 10.3. The fraction of sp³-hybridized carbons (Fsp3) is 0.462. The third-order valence-corrected chi connectivity index (χ3v) is 3.24. The lowest BCUT2D eigenvalue weighted by atomic mass is 10.0. The molecule has 1 aliphatic rings. The number of nitrogens with one attached hydrogen (secondary N) is 2. The van der Waals surface area contributed by atoms with Crippen molar-refractivity contribution in [2.75, 3.05) is 19.6 Å². The van der Waals surface area contributed by atoms with Crippen molar-refractivity contribution in [3.63, 3.8) is 0 Å². The molecule has 1 heterocycles. The molecule has 1 aliphatic heterocycles. The van der Waals surface area contributed by atoms with E-state index in [0.29, 0.717) is 18.5 Å². The summed E-state index contributed by atoms with van der Waals surface area (Å²) in [6.45, 7) is 2.92. The molecule has 1 atom stereocenters. The van der Waals surface area contributed by atoms with Crippen molar-refractivity contribution in [1.82, 2.24) is 10.6 Å². The molecule has 1 fully saturated rings. The van der Waals surface area contributed by atoms with Crippen LogP contribution in [-0.4, -0.2) is 36.2 Å². The lowest BCUT2D eigenvalue weighted by molar-refractivity contribution is 0.0560. The second kappa shape index (κ2) is 5.04. The summed E-state index contributed by atoms with van der Waals surface area (Å²) in [7, 11) is 0. The average molecular weight is 252 g/mol. The van der Waals surface area contributed by atoms with Gasteiger partial charge < -0.3 is 15.7 Å². The number of carbonyl (C=O) groups is 1. The number of carbonyl (C=O) groups excluding carboxylic acids is 1. The Morgan fingerprint density at radius 3 is 3.06 bits per heavy atom. The first-order valence-corrected chi connectivity index (χ1v) is 5.98. The number of hydrogen-bond acceptors (Lipinski definition) is 3. The largest absolute Gasteiger partial charge is 0.387 e. The lowest BCUT2D eigenvalue weighted by Gasteiger charge is -2.21. The van der Waals surface area contributed by atoms with Gasteiger partial charge in [-0.2, -0.15) is 0 Å². The third-order valence-electron chi connectivity index (χ3n) is 3.24. The Balaban J connectivity index is 2.01. The van der Waals surface area contributed by atoms with E-state index in [1.54, 1.807) is 19.1 Å². The van der Waals surface area contributed by atoms with Crippen molar-refractivity contribution < 1.29 is 14.3 Å². The maximum atomic E-state index is 13.7. The highest BCUT2D eigenvalue weighted by molar-refractivity contribution is 5.94. The monoisotopic (exact) mass is 252 g/mol. The van der Waals surface area contributed by atoms with Gasteiger partial charge in [0.15, 0.2) is 0 Å². The maximum Gasteiger partial charge on any atom is 0.254 e. The molecular formula is C13H17FN2O2. The normalized spacial score (nSPS) is 23.1. The van der Waals surface area contributed by atoms with Gasteiger partial charge in [-0.15, -0.1) is 0 Å².